The first-order chi connectivity index (χ1) is 13.6. The van der Waals surface area contributed by atoms with Gasteiger partial charge in [-0.05, 0) is 90.9 Å². The van der Waals surface area contributed by atoms with Crippen molar-refractivity contribution in [1.29, 1.82) is 0 Å². The van der Waals surface area contributed by atoms with Gasteiger partial charge in [-0.1, -0.05) is 32.4 Å². The average molecular weight is 425 g/mol. The van der Waals surface area contributed by atoms with E-state index in [9.17, 15) is 9.90 Å². The molecule has 7 atom stereocenters. The summed E-state index contributed by atoms with van der Waals surface area (Å²) in [5.74, 6) is 2.69. The van der Waals surface area contributed by atoms with Gasteiger partial charge in [-0.3, -0.25) is 9.59 Å². The van der Waals surface area contributed by atoms with Crippen LogP contribution < -0.4 is 0 Å². The molecule has 0 aromatic heterocycles. The highest BCUT2D eigenvalue weighted by Gasteiger charge is 2.59. The summed E-state index contributed by atoms with van der Waals surface area (Å²) in [7, 11) is 0. The molecule has 0 aliphatic heterocycles. The normalized spacial score (nSPS) is 42.2. The van der Waals surface area contributed by atoms with Gasteiger partial charge >= 0.3 is 0 Å². The van der Waals surface area contributed by atoms with Gasteiger partial charge in [0.15, 0.2) is 5.78 Å². The number of hydrogen-bond acceptors (Lipinski definition) is 3. The molecule has 4 nitrogen and oxygen atoms in total. The minimum Gasteiger partial charge on any atom is -0.481 e. The lowest BCUT2D eigenvalue weighted by atomic mass is 9.46. The molecule has 0 aromatic carbocycles. The maximum atomic E-state index is 12.1. The maximum Gasteiger partial charge on any atom is 0.300 e. The van der Waals surface area contributed by atoms with Gasteiger partial charge in [0.2, 0.25) is 0 Å². The van der Waals surface area contributed by atoms with Crippen LogP contribution >= 0.6 is 11.6 Å². The summed E-state index contributed by atoms with van der Waals surface area (Å²) >= 11 is 6.49. The first-order valence-corrected chi connectivity index (χ1v) is 11.7. The summed E-state index contributed by atoms with van der Waals surface area (Å²) in [6.45, 7) is 8.56. The molecule has 0 heterocycles. The molecular weight excluding hydrogens is 388 g/mol. The number of carbonyl (C=O) groups is 2. The molecule has 0 radical (unpaired) electrons. The van der Waals surface area contributed by atoms with Gasteiger partial charge in [-0.2, -0.15) is 0 Å². The van der Waals surface area contributed by atoms with Crippen LogP contribution in [0.25, 0.3) is 0 Å². The molecule has 29 heavy (non-hydrogen) atoms. The third-order valence-electron chi connectivity index (χ3n) is 9.10. The molecule has 4 aliphatic rings. The minimum atomic E-state index is -0.833. The van der Waals surface area contributed by atoms with Crippen LogP contribution in [0.15, 0.2) is 10.6 Å². The quantitative estimate of drug-likeness (QED) is 0.620. The van der Waals surface area contributed by atoms with Crippen molar-refractivity contribution in [2.24, 2.45) is 40.4 Å². The summed E-state index contributed by atoms with van der Waals surface area (Å²) in [5, 5.41) is 17.7. The smallest absolute Gasteiger partial charge is 0.300 e. The summed E-state index contributed by atoms with van der Waals surface area (Å²) in [5.41, 5.74) is 1.83. The number of halogens is 1. The number of Topliss-reactive ketones (excluding diaryl/α,β-unsaturated/α-hetero) is 1. The van der Waals surface area contributed by atoms with Crippen LogP contribution in [-0.2, 0) is 9.59 Å². The molecule has 4 rings (SSSR count). The number of allylic oxidation sites excluding steroid dienone is 1. The molecule has 3 saturated carbocycles. The number of rotatable bonds is 2. The molecule has 0 unspecified atom stereocenters. The Morgan fingerprint density at radius 2 is 1.79 bits per heavy atom. The Morgan fingerprint density at radius 1 is 1.14 bits per heavy atom. The van der Waals surface area contributed by atoms with Crippen LogP contribution in [-0.4, -0.2) is 28.6 Å². The van der Waals surface area contributed by atoms with Gasteiger partial charge in [-0.15, -0.1) is 0 Å². The van der Waals surface area contributed by atoms with Crippen molar-refractivity contribution in [2.45, 2.75) is 79.1 Å². The third kappa shape index (κ3) is 3.80. The highest BCUT2D eigenvalue weighted by atomic mass is 35.5. The van der Waals surface area contributed by atoms with E-state index in [1.54, 1.807) is 0 Å². The largest absolute Gasteiger partial charge is 0.481 e. The molecule has 164 valence electrons. The Balaban J connectivity index is 0.000000552. The van der Waals surface area contributed by atoms with Crippen molar-refractivity contribution in [3.05, 3.63) is 10.6 Å². The minimum absolute atomic E-state index is 0.149. The molecule has 4 aliphatic carbocycles. The number of aliphatic hydroxyl groups excluding tert-OH is 1. The molecule has 5 heteroatoms. The second-order valence-corrected chi connectivity index (χ2v) is 10.8. The van der Waals surface area contributed by atoms with Gasteiger partial charge in [0.25, 0.3) is 5.97 Å². The van der Waals surface area contributed by atoms with Crippen LogP contribution in [0.3, 0.4) is 0 Å². The fourth-order valence-corrected chi connectivity index (χ4v) is 8.16. The second-order valence-electron chi connectivity index (χ2n) is 10.5. The average Bonchev–Trinajstić information content (AvgIpc) is 3.01. The second kappa shape index (κ2) is 8.34. The summed E-state index contributed by atoms with van der Waals surface area (Å²) < 4.78 is 0. The first-order valence-electron chi connectivity index (χ1n) is 11.3. The monoisotopic (exact) mass is 424 g/mol. The number of fused-ring (bicyclic) bond motifs is 5. The number of carboxylic acids is 1. The van der Waals surface area contributed by atoms with E-state index in [0.717, 1.165) is 31.6 Å². The van der Waals surface area contributed by atoms with E-state index in [1.165, 1.54) is 37.7 Å². The first kappa shape index (κ1) is 22.8. The van der Waals surface area contributed by atoms with E-state index in [2.05, 4.69) is 20.8 Å². The fraction of sp³-hybridized carbons (Fsp3) is 0.833. The number of carbonyl (C=O) groups excluding carboxylic acids is 1. The Morgan fingerprint density at radius 3 is 2.41 bits per heavy atom. The molecule has 0 amide bonds. The Bertz CT molecular complexity index is 697. The van der Waals surface area contributed by atoms with Crippen molar-refractivity contribution >= 4 is 23.4 Å². The van der Waals surface area contributed by atoms with E-state index < -0.39 is 5.97 Å². The van der Waals surface area contributed by atoms with Gasteiger partial charge in [0.1, 0.15) is 0 Å². The summed E-state index contributed by atoms with van der Waals surface area (Å²) in [6, 6.07) is 0. The Labute approximate surface area is 180 Å². The maximum absolute atomic E-state index is 12.1. The molecule has 0 saturated heterocycles. The lowest BCUT2D eigenvalue weighted by molar-refractivity contribution is -0.134. The molecule has 0 bridgehead atoms. The number of aliphatic carboxylic acids is 1. The lowest BCUT2D eigenvalue weighted by Crippen LogP contribution is -2.51. The summed E-state index contributed by atoms with van der Waals surface area (Å²) in [4.78, 5) is 21.1. The molecule has 0 spiro atoms. The topological polar surface area (TPSA) is 74.6 Å². The zero-order valence-corrected chi connectivity index (χ0v) is 19.1. The van der Waals surface area contributed by atoms with Gasteiger partial charge in [0.05, 0.1) is 5.03 Å². The number of ketones is 1. The van der Waals surface area contributed by atoms with E-state index >= 15 is 0 Å². The lowest BCUT2D eigenvalue weighted by Gasteiger charge is -2.58. The van der Waals surface area contributed by atoms with Crippen molar-refractivity contribution < 1.29 is 19.8 Å². The molecular formula is C24H37ClO4. The standard InChI is InChI=1S/C22H33ClO2.C2H4O2/c1-13(12-24)15-6-7-16-14-4-5-18-20(23)19(25)9-11-22(18,3)17(14)8-10-21(15,16)2;1-2(3)4/h13-17,24H,4-12H2,1-3H3;1H3,(H,3,4)/t13-,14+,15-,16+,17+,21-,22-;/m1./s1. The van der Waals surface area contributed by atoms with Crippen molar-refractivity contribution in [1.82, 2.24) is 0 Å². The highest BCUT2D eigenvalue weighted by molar-refractivity contribution is 6.43. The van der Waals surface area contributed by atoms with Crippen molar-refractivity contribution in [3.8, 4) is 0 Å². The number of hydrogen-bond donors (Lipinski definition) is 2. The van der Waals surface area contributed by atoms with Crippen LogP contribution in [0.4, 0.5) is 0 Å². The van der Waals surface area contributed by atoms with Gasteiger partial charge in [0, 0.05) is 20.0 Å². The van der Waals surface area contributed by atoms with Crippen molar-refractivity contribution in [2.75, 3.05) is 6.61 Å². The van der Waals surface area contributed by atoms with Crippen LogP contribution in [0, 0.1) is 40.4 Å². The van der Waals surface area contributed by atoms with E-state index in [-0.39, 0.29) is 11.2 Å². The highest BCUT2D eigenvalue weighted by Crippen LogP contribution is 2.67. The molecule has 3 fully saturated rings. The predicted octanol–water partition coefficient (Wildman–Crippen LogP) is 5.42. The molecule has 0 aromatic rings. The van der Waals surface area contributed by atoms with Crippen molar-refractivity contribution in [3.63, 3.8) is 0 Å². The van der Waals surface area contributed by atoms with Gasteiger partial charge < -0.3 is 10.2 Å². The van der Waals surface area contributed by atoms with Crippen LogP contribution in [0.5, 0.6) is 0 Å². The predicted molar refractivity (Wildman–Crippen MR) is 115 cm³/mol. The van der Waals surface area contributed by atoms with Gasteiger partial charge in [-0.25, -0.2) is 0 Å². The number of carboxylic acid groups (broad SMARTS) is 1. The zero-order chi connectivity index (χ0) is 21.6. The number of aliphatic hydroxyl groups is 1. The zero-order valence-electron chi connectivity index (χ0n) is 18.3. The van der Waals surface area contributed by atoms with E-state index in [0.29, 0.717) is 41.2 Å². The Hall–Kier alpha value is -0.870. The summed E-state index contributed by atoms with van der Waals surface area (Å²) in [6.07, 6.45) is 9.02. The van der Waals surface area contributed by atoms with E-state index in [4.69, 9.17) is 21.5 Å². The van der Waals surface area contributed by atoms with Crippen LogP contribution in [0.2, 0.25) is 0 Å². The van der Waals surface area contributed by atoms with E-state index in [1.807, 2.05) is 0 Å². The third-order valence-corrected chi connectivity index (χ3v) is 9.54. The fourth-order valence-electron chi connectivity index (χ4n) is 7.75. The molecule has 2 N–H and O–H groups in total. The van der Waals surface area contributed by atoms with Crippen LogP contribution in [0.1, 0.15) is 79.1 Å². The SMILES string of the molecule is CC(=O)O.C[C@H](CO)[C@H]1CC[C@H]2[C@@H]3CCC4=C(Cl)C(=O)CC[C@]4(C)[C@H]3CC[C@]12C. The Kier molecular flexibility index (Phi) is 6.56.